The van der Waals surface area contributed by atoms with E-state index in [1.807, 2.05) is 4.90 Å². The highest BCUT2D eigenvalue weighted by molar-refractivity contribution is 5.74. The van der Waals surface area contributed by atoms with Crippen molar-refractivity contribution in [1.82, 2.24) is 9.80 Å². The van der Waals surface area contributed by atoms with Gasteiger partial charge in [0.1, 0.15) is 0 Å². The maximum absolute atomic E-state index is 7.32. The van der Waals surface area contributed by atoms with Gasteiger partial charge in [-0.05, 0) is 5.41 Å². The predicted molar refractivity (Wildman–Crippen MR) is 59.4 cm³/mol. The summed E-state index contributed by atoms with van der Waals surface area (Å²) in [6, 6.07) is 0. The van der Waals surface area contributed by atoms with Crippen LogP contribution in [0.4, 0.5) is 0 Å². The zero-order valence-electron chi connectivity index (χ0n) is 9.51. The molecule has 0 aromatic rings. The van der Waals surface area contributed by atoms with E-state index in [0.29, 0.717) is 5.41 Å². The molecular formula is C10H22N4. The molecule has 0 spiro atoms. The van der Waals surface area contributed by atoms with E-state index in [-0.39, 0.29) is 5.96 Å². The summed E-state index contributed by atoms with van der Waals surface area (Å²) in [5.41, 5.74) is 5.79. The summed E-state index contributed by atoms with van der Waals surface area (Å²) < 4.78 is 0. The minimum atomic E-state index is 0.209. The fraction of sp³-hybridized carbons (Fsp3) is 0.900. The molecular weight excluding hydrogens is 176 g/mol. The summed E-state index contributed by atoms with van der Waals surface area (Å²) in [7, 11) is 0. The molecule has 0 radical (unpaired) electrons. The molecule has 1 aliphatic rings. The molecule has 4 heteroatoms. The second-order valence-electron chi connectivity index (χ2n) is 5.21. The summed E-state index contributed by atoms with van der Waals surface area (Å²) in [5, 5.41) is 7.32. The Morgan fingerprint density at radius 2 is 1.71 bits per heavy atom. The van der Waals surface area contributed by atoms with Gasteiger partial charge >= 0.3 is 0 Å². The Hall–Kier alpha value is -0.770. The van der Waals surface area contributed by atoms with Crippen molar-refractivity contribution in [2.75, 3.05) is 32.7 Å². The van der Waals surface area contributed by atoms with Crippen molar-refractivity contribution in [3.63, 3.8) is 0 Å². The molecule has 1 saturated heterocycles. The van der Waals surface area contributed by atoms with Crippen LogP contribution >= 0.6 is 0 Å². The third-order valence-corrected chi connectivity index (χ3v) is 2.41. The summed E-state index contributed by atoms with van der Waals surface area (Å²) in [6.45, 7) is 11.7. The fourth-order valence-corrected chi connectivity index (χ4v) is 1.82. The molecule has 1 rings (SSSR count). The minimum absolute atomic E-state index is 0.209. The van der Waals surface area contributed by atoms with Gasteiger partial charge in [0.05, 0.1) is 0 Å². The van der Waals surface area contributed by atoms with Gasteiger partial charge in [0.25, 0.3) is 0 Å². The molecule has 0 aliphatic carbocycles. The number of rotatable bonds is 1. The van der Waals surface area contributed by atoms with E-state index in [0.717, 1.165) is 32.7 Å². The lowest BCUT2D eigenvalue weighted by molar-refractivity contribution is 0.135. The smallest absolute Gasteiger partial charge is 0.188 e. The highest BCUT2D eigenvalue weighted by atomic mass is 15.3. The molecule has 4 nitrogen and oxygen atoms in total. The van der Waals surface area contributed by atoms with Crippen LogP contribution in [0.15, 0.2) is 0 Å². The van der Waals surface area contributed by atoms with Crippen LogP contribution in [0.2, 0.25) is 0 Å². The van der Waals surface area contributed by atoms with E-state index in [9.17, 15) is 0 Å². The van der Waals surface area contributed by atoms with Crippen molar-refractivity contribution in [1.29, 1.82) is 5.41 Å². The van der Waals surface area contributed by atoms with E-state index in [4.69, 9.17) is 11.1 Å². The van der Waals surface area contributed by atoms with E-state index in [2.05, 4.69) is 25.7 Å². The number of piperazine rings is 1. The summed E-state index contributed by atoms with van der Waals surface area (Å²) in [5.74, 6) is 0.209. The van der Waals surface area contributed by atoms with Crippen molar-refractivity contribution in [2.45, 2.75) is 20.8 Å². The summed E-state index contributed by atoms with van der Waals surface area (Å²) >= 11 is 0. The van der Waals surface area contributed by atoms with Crippen LogP contribution in [0.25, 0.3) is 0 Å². The van der Waals surface area contributed by atoms with Crippen molar-refractivity contribution in [3.8, 4) is 0 Å². The zero-order chi connectivity index (χ0) is 10.8. The molecule has 0 atom stereocenters. The van der Waals surface area contributed by atoms with Gasteiger partial charge in [-0.1, -0.05) is 20.8 Å². The number of nitrogens with zero attached hydrogens (tertiary/aromatic N) is 2. The number of guanidine groups is 1. The van der Waals surface area contributed by atoms with Crippen LogP contribution in [0.1, 0.15) is 20.8 Å². The molecule has 0 aromatic heterocycles. The van der Waals surface area contributed by atoms with E-state index in [1.54, 1.807) is 0 Å². The lowest BCUT2D eigenvalue weighted by Gasteiger charge is -2.37. The Bertz CT molecular complexity index is 199. The van der Waals surface area contributed by atoms with Gasteiger partial charge in [-0.3, -0.25) is 10.3 Å². The summed E-state index contributed by atoms with van der Waals surface area (Å²) in [4.78, 5) is 4.37. The average Bonchev–Trinajstić information content (AvgIpc) is 2.02. The van der Waals surface area contributed by atoms with Crippen LogP contribution in [0.5, 0.6) is 0 Å². The van der Waals surface area contributed by atoms with E-state index in [1.165, 1.54) is 0 Å². The van der Waals surface area contributed by atoms with Crippen LogP contribution < -0.4 is 5.73 Å². The normalized spacial score (nSPS) is 19.8. The second-order valence-corrected chi connectivity index (χ2v) is 5.21. The van der Waals surface area contributed by atoms with Gasteiger partial charge in [-0.25, -0.2) is 0 Å². The minimum Gasteiger partial charge on any atom is -0.370 e. The number of nitrogens with two attached hydrogens (primary N) is 1. The summed E-state index contributed by atoms with van der Waals surface area (Å²) in [6.07, 6.45) is 0. The van der Waals surface area contributed by atoms with Crippen LogP contribution in [0.3, 0.4) is 0 Å². The van der Waals surface area contributed by atoms with Crippen LogP contribution in [-0.4, -0.2) is 48.5 Å². The average molecular weight is 198 g/mol. The molecule has 1 aliphatic heterocycles. The zero-order valence-corrected chi connectivity index (χ0v) is 9.51. The molecule has 14 heavy (non-hydrogen) atoms. The van der Waals surface area contributed by atoms with E-state index >= 15 is 0 Å². The van der Waals surface area contributed by atoms with Crippen molar-refractivity contribution < 1.29 is 0 Å². The van der Waals surface area contributed by atoms with Gasteiger partial charge in [0.2, 0.25) is 0 Å². The van der Waals surface area contributed by atoms with Crippen molar-refractivity contribution in [3.05, 3.63) is 0 Å². The van der Waals surface area contributed by atoms with Gasteiger partial charge in [-0.2, -0.15) is 0 Å². The van der Waals surface area contributed by atoms with E-state index < -0.39 is 0 Å². The third-order valence-electron chi connectivity index (χ3n) is 2.41. The third kappa shape index (κ3) is 3.54. The first-order valence-corrected chi connectivity index (χ1v) is 5.20. The highest BCUT2D eigenvalue weighted by Crippen LogP contribution is 2.16. The molecule has 1 heterocycles. The van der Waals surface area contributed by atoms with Crippen molar-refractivity contribution in [2.24, 2.45) is 11.1 Å². The number of hydrogen-bond donors (Lipinski definition) is 2. The fourth-order valence-electron chi connectivity index (χ4n) is 1.82. The predicted octanol–water partition coefficient (Wildman–Crippen LogP) is 0.544. The Morgan fingerprint density at radius 3 is 2.07 bits per heavy atom. The first-order valence-electron chi connectivity index (χ1n) is 5.20. The number of hydrogen-bond acceptors (Lipinski definition) is 2. The standard InChI is InChI=1S/C10H22N4/c1-10(2,3)8-13-4-6-14(7-5-13)9(11)12/h4-8H2,1-3H3,(H3,11,12). The molecule has 0 unspecified atom stereocenters. The number of nitrogens with one attached hydrogen (secondary N) is 1. The lowest BCUT2D eigenvalue weighted by Crippen LogP contribution is -2.52. The van der Waals surface area contributed by atoms with Crippen LogP contribution in [0, 0.1) is 10.8 Å². The Morgan fingerprint density at radius 1 is 1.21 bits per heavy atom. The first kappa shape index (κ1) is 11.3. The Kier molecular flexibility index (Phi) is 3.37. The topological polar surface area (TPSA) is 56.4 Å². The molecule has 0 saturated carbocycles. The molecule has 0 bridgehead atoms. The monoisotopic (exact) mass is 198 g/mol. The first-order chi connectivity index (χ1) is 6.38. The van der Waals surface area contributed by atoms with Gasteiger partial charge in [-0.15, -0.1) is 0 Å². The molecule has 0 aromatic carbocycles. The largest absolute Gasteiger partial charge is 0.370 e. The highest BCUT2D eigenvalue weighted by Gasteiger charge is 2.21. The Labute approximate surface area is 86.6 Å². The SMILES string of the molecule is CC(C)(C)CN1CCN(C(=N)N)CC1. The van der Waals surface area contributed by atoms with Gasteiger partial charge < -0.3 is 10.6 Å². The lowest BCUT2D eigenvalue weighted by atomic mass is 9.96. The Balaban J connectivity index is 2.33. The quantitative estimate of drug-likeness (QED) is 0.478. The van der Waals surface area contributed by atoms with Crippen LogP contribution in [-0.2, 0) is 0 Å². The second kappa shape index (κ2) is 4.17. The molecule has 82 valence electrons. The maximum Gasteiger partial charge on any atom is 0.188 e. The molecule has 1 fully saturated rings. The molecule has 3 N–H and O–H groups in total. The van der Waals surface area contributed by atoms with Crippen molar-refractivity contribution >= 4 is 5.96 Å². The van der Waals surface area contributed by atoms with Gasteiger partial charge in [0.15, 0.2) is 5.96 Å². The van der Waals surface area contributed by atoms with Gasteiger partial charge in [0, 0.05) is 32.7 Å². The molecule has 0 amide bonds. The maximum atomic E-state index is 7.32.